The van der Waals surface area contributed by atoms with E-state index >= 15 is 0 Å². The molecule has 4 heterocycles. The Kier molecular flexibility index (Phi) is 5.88. The summed E-state index contributed by atoms with van der Waals surface area (Å²) in [5.74, 6) is -0.632. The largest absolute Gasteiger partial charge is 0.527 e. The van der Waals surface area contributed by atoms with Gasteiger partial charge < -0.3 is 18.9 Å². The molecule has 0 spiro atoms. The van der Waals surface area contributed by atoms with Gasteiger partial charge in [-0.3, -0.25) is 14.2 Å². The van der Waals surface area contributed by atoms with E-state index in [1.807, 2.05) is 6.92 Å². The fourth-order valence-corrected chi connectivity index (χ4v) is 5.63. The van der Waals surface area contributed by atoms with Gasteiger partial charge in [0.2, 0.25) is 0 Å². The van der Waals surface area contributed by atoms with E-state index in [-0.39, 0.29) is 48.6 Å². The Morgan fingerprint density at radius 3 is 2.75 bits per heavy atom. The van der Waals surface area contributed by atoms with Gasteiger partial charge in [-0.2, -0.15) is 0 Å². The summed E-state index contributed by atoms with van der Waals surface area (Å²) < 4.78 is 28.9. The second-order valence-electron chi connectivity index (χ2n) is 8.70. The number of benzene rings is 1. The molecule has 0 saturated carbocycles. The standard InChI is InChI=1S/C25H25N2O8P/c1-4-9-34-36(31,32)35-14-7-8-20-16(10-14)15(5-2)17-12-27-21(22(17)26-20)11-19-18(23(27)28)13-33-24(29)25(19,30)6-3/h4,7-8,10-11,30H,1,5-6,9,12-13H2,2-3H3,(H,31,32)/t25-/m0/s1. The number of hydrogen-bond donors (Lipinski definition) is 2. The van der Waals surface area contributed by atoms with E-state index in [2.05, 4.69) is 6.58 Å². The number of carbonyl (C=O) groups excluding carboxylic acids is 1. The second-order valence-corrected chi connectivity index (χ2v) is 10.1. The van der Waals surface area contributed by atoms with Gasteiger partial charge in [-0.25, -0.2) is 14.3 Å². The molecule has 11 heteroatoms. The number of hydrogen-bond acceptors (Lipinski definition) is 8. The van der Waals surface area contributed by atoms with Gasteiger partial charge in [-0.15, -0.1) is 6.58 Å². The number of esters is 1. The molecule has 36 heavy (non-hydrogen) atoms. The highest BCUT2D eigenvalue weighted by Gasteiger charge is 2.45. The monoisotopic (exact) mass is 512 g/mol. The number of phosphoric ester groups is 1. The zero-order valence-electron chi connectivity index (χ0n) is 19.8. The minimum atomic E-state index is -4.34. The molecule has 0 amide bonds. The molecule has 2 aromatic heterocycles. The number of pyridine rings is 2. The number of ether oxygens (including phenoxy) is 1. The molecule has 0 fully saturated rings. The van der Waals surface area contributed by atoms with Crippen molar-refractivity contribution >= 4 is 24.7 Å². The molecular weight excluding hydrogens is 487 g/mol. The van der Waals surface area contributed by atoms with Gasteiger partial charge in [-0.1, -0.05) is 19.9 Å². The van der Waals surface area contributed by atoms with Crippen LogP contribution in [0.4, 0.5) is 0 Å². The minimum Gasteiger partial charge on any atom is -0.458 e. The van der Waals surface area contributed by atoms with Crippen LogP contribution in [0.3, 0.4) is 0 Å². The lowest BCUT2D eigenvalue weighted by Crippen LogP contribution is -2.44. The molecule has 10 nitrogen and oxygen atoms in total. The Morgan fingerprint density at radius 1 is 1.28 bits per heavy atom. The van der Waals surface area contributed by atoms with E-state index < -0.39 is 19.4 Å². The number of aromatic nitrogens is 2. The molecule has 0 saturated heterocycles. The molecule has 0 radical (unpaired) electrons. The molecule has 2 N–H and O–H groups in total. The van der Waals surface area contributed by atoms with Crippen molar-refractivity contribution in [1.82, 2.24) is 9.55 Å². The van der Waals surface area contributed by atoms with Gasteiger partial charge in [0.05, 0.1) is 35.6 Å². The van der Waals surface area contributed by atoms with Crippen LogP contribution in [0.1, 0.15) is 42.5 Å². The first-order valence-corrected chi connectivity index (χ1v) is 13.0. The molecule has 0 bridgehead atoms. The van der Waals surface area contributed by atoms with Gasteiger partial charge in [0.1, 0.15) is 12.4 Å². The first-order valence-electron chi connectivity index (χ1n) is 11.5. The molecule has 3 aromatic rings. The van der Waals surface area contributed by atoms with Crippen molar-refractivity contribution in [2.45, 2.75) is 45.4 Å². The molecule has 1 unspecified atom stereocenters. The Hall–Kier alpha value is -3.30. The highest BCUT2D eigenvalue weighted by molar-refractivity contribution is 7.47. The third-order valence-corrected chi connectivity index (χ3v) is 7.62. The van der Waals surface area contributed by atoms with Crippen LogP contribution in [-0.2, 0) is 43.8 Å². The highest BCUT2D eigenvalue weighted by atomic mass is 31.2. The number of rotatable bonds is 7. The van der Waals surface area contributed by atoms with Crippen LogP contribution in [0.15, 0.2) is 41.7 Å². The van der Waals surface area contributed by atoms with Crippen LogP contribution < -0.4 is 10.1 Å². The van der Waals surface area contributed by atoms with Crippen LogP contribution in [0.5, 0.6) is 5.75 Å². The Labute approximate surface area is 206 Å². The molecule has 0 aliphatic carbocycles. The van der Waals surface area contributed by atoms with Crippen molar-refractivity contribution < 1.29 is 33.1 Å². The zero-order chi connectivity index (χ0) is 25.8. The van der Waals surface area contributed by atoms with Gasteiger partial charge in [0, 0.05) is 16.5 Å². The summed E-state index contributed by atoms with van der Waals surface area (Å²) in [5.41, 5.74) is 1.71. The van der Waals surface area contributed by atoms with E-state index in [1.165, 1.54) is 12.1 Å². The number of fused-ring (bicyclic) bond motifs is 5. The average molecular weight is 512 g/mol. The maximum Gasteiger partial charge on any atom is 0.527 e. The van der Waals surface area contributed by atoms with Crippen LogP contribution >= 0.6 is 7.82 Å². The number of nitrogens with zero attached hydrogens (tertiary/aromatic N) is 2. The highest BCUT2D eigenvalue weighted by Crippen LogP contribution is 2.45. The summed E-state index contributed by atoms with van der Waals surface area (Å²) in [7, 11) is -4.34. The predicted octanol–water partition coefficient (Wildman–Crippen LogP) is 3.32. The molecule has 2 aliphatic heterocycles. The lowest BCUT2D eigenvalue weighted by Gasteiger charge is -2.31. The summed E-state index contributed by atoms with van der Waals surface area (Å²) in [4.78, 5) is 40.5. The average Bonchev–Trinajstić information content (AvgIpc) is 3.22. The summed E-state index contributed by atoms with van der Waals surface area (Å²) in [5, 5.41) is 11.8. The summed E-state index contributed by atoms with van der Waals surface area (Å²) >= 11 is 0. The van der Waals surface area contributed by atoms with E-state index in [0.717, 1.165) is 11.1 Å². The van der Waals surface area contributed by atoms with Crippen molar-refractivity contribution in [3.05, 3.63) is 69.5 Å². The number of aryl methyl sites for hydroxylation is 1. The quantitative estimate of drug-likeness (QED) is 0.217. The van der Waals surface area contributed by atoms with Gasteiger partial charge in [0.15, 0.2) is 5.60 Å². The molecule has 1 aromatic carbocycles. The van der Waals surface area contributed by atoms with Crippen molar-refractivity contribution in [2.24, 2.45) is 0 Å². The molecule has 2 aliphatic rings. The normalized spacial score (nSPS) is 19.7. The van der Waals surface area contributed by atoms with Crippen molar-refractivity contribution in [2.75, 3.05) is 6.61 Å². The van der Waals surface area contributed by atoms with Crippen LogP contribution in [-0.4, -0.2) is 32.1 Å². The van der Waals surface area contributed by atoms with Crippen LogP contribution in [0, 0.1) is 0 Å². The molecular formula is C25H25N2O8P. The topological polar surface area (TPSA) is 137 Å². The van der Waals surface area contributed by atoms with Crippen molar-refractivity contribution in [1.29, 1.82) is 0 Å². The zero-order valence-corrected chi connectivity index (χ0v) is 20.7. The Morgan fingerprint density at radius 2 is 2.06 bits per heavy atom. The smallest absolute Gasteiger partial charge is 0.458 e. The minimum absolute atomic E-state index is 0.0634. The maximum absolute atomic E-state index is 13.4. The van der Waals surface area contributed by atoms with E-state index in [4.69, 9.17) is 18.8 Å². The lowest BCUT2D eigenvalue weighted by molar-refractivity contribution is -0.172. The number of phosphoric acid groups is 1. The third kappa shape index (κ3) is 3.69. The Bertz CT molecular complexity index is 1550. The SMILES string of the molecule is C=CCOP(=O)(O)Oc1ccc2nc3c(c(CC)c2c1)Cn1c-3cc2c(c1=O)COC(=O)[C@]2(O)CC. The van der Waals surface area contributed by atoms with Crippen molar-refractivity contribution in [3.63, 3.8) is 0 Å². The van der Waals surface area contributed by atoms with Crippen LogP contribution in [0.2, 0.25) is 0 Å². The Balaban J connectivity index is 1.66. The predicted molar refractivity (Wildman–Crippen MR) is 131 cm³/mol. The summed E-state index contributed by atoms with van der Waals surface area (Å²) in [6, 6.07) is 6.47. The van der Waals surface area contributed by atoms with E-state index in [0.29, 0.717) is 28.7 Å². The number of cyclic esters (lactones) is 1. The molecule has 188 valence electrons. The molecule has 5 rings (SSSR count). The second kappa shape index (κ2) is 8.67. The lowest BCUT2D eigenvalue weighted by atomic mass is 9.86. The summed E-state index contributed by atoms with van der Waals surface area (Å²) in [6.45, 7) is 6.99. The fraction of sp³-hybridized carbons (Fsp3) is 0.320. The van der Waals surface area contributed by atoms with E-state index in [1.54, 1.807) is 29.7 Å². The van der Waals surface area contributed by atoms with Gasteiger partial charge in [-0.05, 0) is 42.7 Å². The van der Waals surface area contributed by atoms with Crippen molar-refractivity contribution in [3.8, 4) is 17.1 Å². The maximum atomic E-state index is 13.4. The fourth-order valence-electron chi connectivity index (χ4n) is 4.91. The van der Waals surface area contributed by atoms with E-state index in [9.17, 15) is 24.2 Å². The van der Waals surface area contributed by atoms with Crippen LogP contribution in [0.25, 0.3) is 22.3 Å². The summed E-state index contributed by atoms with van der Waals surface area (Å²) in [6.07, 6.45) is 2.00. The van der Waals surface area contributed by atoms with Gasteiger partial charge in [0.25, 0.3) is 5.56 Å². The number of aliphatic hydroxyl groups is 1. The third-order valence-electron chi connectivity index (χ3n) is 6.71. The number of carbonyl (C=O) groups is 1. The molecule has 2 atom stereocenters. The first kappa shape index (κ1) is 24.4. The first-order chi connectivity index (χ1) is 17.1. The van der Waals surface area contributed by atoms with Gasteiger partial charge >= 0.3 is 13.8 Å².